The zero-order valence-electron chi connectivity index (χ0n) is 11.1. The summed E-state index contributed by atoms with van der Waals surface area (Å²) in [6.07, 6.45) is 3.17. The van der Waals surface area contributed by atoms with E-state index in [2.05, 4.69) is 9.71 Å². The number of H-pyrrole nitrogens is 1. The molecule has 2 aromatic rings. The minimum Gasteiger partial charge on any atom is -0.366 e. The van der Waals surface area contributed by atoms with Crippen LogP contribution in [-0.2, 0) is 16.4 Å². The number of rotatable bonds is 5. The molecular weight excluding hydrogens is 276 g/mol. The summed E-state index contributed by atoms with van der Waals surface area (Å²) in [5.41, 5.74) is 1.67. The van der Waals surface area contributed by atoms with Crippen LogP contribution in [0.1, 0.15) is 11.1 Å². The molecule has 0 aliphatic carbocycles. The Bertz CT molecular complexity index is 751. The van der Waals surface area contributed by atoms with Crippen molar-refractivity contribution in [3.63, 3.8) is 0 Å². The van der Waals surface area contributed by atoms with Crippen LogP contribution in [0, 0.1) is 6.92 Å². The third-order valence-electron chi connectivity index (χ3n) is 3.03. The molecule has 0 unspecified atom stereocenters. The zero-order valence-corrected chi connectivity index (χ0v) is 11.9. The number of benzene rings is 1. The molecule has 0 saturated heterocycles. The first-order valence-electron chi connectivity index (χ1n) is 6.22. The van der Waals surface area contributed by atoms with E-state index in [4.69, 9.17) is 0 Å². The molecule has 20 heavy (non-hydrogen) atoms. The minimum absolute atomic E-state index is 0.252. The smallest absolute Gasteiger partial charge is 0.245 e. The van der Waals surface area contributed by atoms with E-state index < -0.39 is 15.5 Å². The molecule has 1 aromatic carbocycles. The molecule has 0 spiro atoms. The third kappa shape index (κ3) is 3.34. The maximum absolute atomic E-state index is 12.0. The van der Waals surface area contributed by atoms with E-state index in [-0.39, 0.29) is 11.4 Å². The van der Waals surface area contributed by atoms with Crippen molar-refractivity contribution in [1.82, 2.24) is 9.71 Å². The predicted molar refractivity (Wildman–Crippen MR) is 77.1 cm³/mol. The van der Waals surface area contributed by atoms with E-state index in [0.29, 0.717) is 6.42 Å². The van der Waals surface area contributed by atoms with Crippen molar-refractivity contribution >= 4 is 10.0 Å². The van der Waals surface area contributed by atoms with Crippen molar-refractivity contribution in [2.45, 2.75) is 18.2 Å². The molecule has 2 rings (SSSR count). The molecule has 0 aliphatic rings. The summed E-state index contributed by atoms with van der Waals surface area (Å²) in [4.78, 5) is 13.9. The highest BCUT2D eigenvalue weighted by Gasteiger charge is 2.16. The number of hydrogen-bond donors (Lipinski definition) is 2. The summed E-state index contributed by atoms with van der Waals surface area (Å²) in [6.45, 7) is 2.23. The number of sulfonamides is 1. The predicted octanol–water partition coefficient (Wildman–Crippen LogP) is 1.20. The van der Waals surface area contributed by atoms with E-state index >= 15 is 0 Å². The summed E-state index contributed by atoms with van der Waals surface area (Å²) >= 11 is 0. The molecule has 0 saturated carbocycles. The van der Waals surface area contributed by atoms with Gasteiger partial charge >= 0.3 is 0 Å². The maximum Gasteiger partial charge on any atom is 0.245 e. The number of aromatic amines is 1. The minimum atomic E-state index is -3.77. The lowest BCUT2D eigenvalue weighted by atomic mass is 10.1. The fourth-order valence-electron chi connectivity index (χ4n) is 1.90. The van der Waals surface area contributed by atoms with Gasteiger partial charge in [-0.15, -0.1) is 0 Å². The molecule has 0 aliphatic heterocycles. The van der Waals surface area contributed by atoms with E-state index in [0.717, 1.165) is 11.1 Å². The van der Waals surface area contributed by atoms with Gasteiger partial charge in [-0.25, -0.2) is 13.1 Å². The Labute approximate surface area is 117 Å². The summed E-state index contributed by atoms with van der Waals surface area (Å²) < 4.78 is 26.4. The maximum atomic E-state index is 12.0. The van der Waals surface area contributed by atoms with Gasteiger partial charge < -0.3 is 4.98 Å². The van der Waals surface area contributed by atoms with Gasteiger partial charge in [-0.2, -0.15) is 0 Å². The molecule has 1 heterocycles. The van der Waals surface area contributed by atoms with E-state index in [9.17, 15) is 13.2 Å². The molecule has 5 nitrogen and oxygen atoms in total. The van der Waals surface area contributed by atoms with Crippen LogP contribution in [0.3, 0.4) is 0 Å². The van der Waals surface area contributed by atoms with Gasteiger partial charge in [0.25, 0.3) is 0 Å². The fraction of sp³-hybridized carbons (Fsp3) is 0.214. The summed E-state index contributed by atoms with van der Waals surface area (Å²) in [7, 11) is -3.77. The molecule has 0 bridgehead atoms. The van der Waals surface area contributed by atoms with Crippen LogP contribution in [0.5, 0.6) is 0 Å². The Morgan fingerprint density at radius 3 is 2.65 bits per heavy atom. The van der Waals surface area contributed by atoms with Gasteiger partial charge in [0.2, 0.25) is 15.5 Å². The Morgan fingerprint density at radius 1 is 1.20 bits per heavy atom. The Hall–Kier alpha value is -1.92. The average molecular weight is 292 g/mol. The van der Waals surface area contributed by atoms with Gasteiger partial charge in [0, 0.05) is 25.0 Å². The van der Waals surface area contributed by atoms with Gasteiger partial charge in [-0.3, -0.25) is 4.79 Å². The van der Waals surface area contributed by atoms with Crippen LogP contribution in [0.2, 0.25) is 0 Å². The topological polar surface area (TPSA) is 79.0 Å². The van der Waals surface area contributed by atoms with Gasteiger partial charge in [-0.05, 0) is 24.5 Å². The van der Waals surface area contributed by atoms with Crippen LogP contribution in [0.25, 0.3) is 0 Å². The molecular formula is C14H16N2O3S. The lowest BCUT2D eigenvalue weighted by Crippen LogP contribution is -2.30. The SMILES string of the molecule is Cc1ccccc1CCNS(=O)(=O)c1c[nH]ccc1=O. The summed E-state index contributed by atoms with van der Waals surface area (Å²) in [6, 6.07) is 8.98. The van der Waals surface area contributed by atoms with Gasteiger partial charge in [0.1, 0.15) is 4.90 Å². The highest BCUT2D eigenvalue weighted by Crippen LogP contribution is 2.07. The van der Waals surface area contributed by atoms with Crippen LogP contribution in [-0.4, -0.2) is 19.9 Å². The van der Waals surface area contributed by atoms with Gasteiger partial charge in [0.15, 0.2) is 0 Å². The number of aromatic nitrogens is 1. The molecule has 0 radical (unpaired) electrons. The highest BCUT2D eigenvalue weighted by molar-refractivity contribution is 7.89. The van der Waals surface area contributed by atoms with Crippen molar-refractivity contribution in [3.8, 4) is 0 Å². The first kappa shape index (κ1) is 14.5. The van der Waals surface area contributed by atoms with Crippen molar-refractivity contribution in [1.29, 1.82) is 0 Å². The van der Waals surface area contributed by atoms with Gasteiger partial charge in [0.05, 0.1) is 0 Å². The molecule has 6 heteroatoms. The van der Waals surface area contributed by atoms with E-state index in [1.165, 1.54) is 18.5 Å². The lowest BCUT2D eigenvalue weighted by Gasteiger charge is -2.07. The van der Waals surface area contributed by atoms with Crippen molar-refractivity contribution in [3.05, 3.63) is 64.1 Å². The van der Waals surface area contributed by atoms with Crippen LogP contribution in [0.15, 0.2) is 52.4 Å². The molecule has 1 aromatic heterocycles. The Balaban J connectivity index is 2.06. The van der Waals surface area contributed by atoms with E-state index in [1.807, 2.05) is 31.2 Å². The van der Waals surface area contributed by atoms with Crippen molar-refractivity contribution in [2.75, 3.05) is 6.54 Å². The number of pyridine rings is 1. The summed E-state index contributed by atoms with van der Waals surface area (Å²) in [5.74, 6) is 0. The second-order valence-electron chi connectivity index (χ2n) is 4.45. The van der Waals surface area contributed by atoms with Crippen LogP contribution in [0.4, 0.5) is 0 Å². The monoisotopic (exact) mass is 292 g/mol. The van der Waals surface area contributed by atoms with Crippen LogP contribution >= 0.6 is 0 Å². The molecule has 106 valence electrons. The average Bonchev–Trinajstić information content (AvgIpc) is 2.41. The zero-order chi connectivity index (χ0) is 14.6. The van der Waals surface area contributed by atoms with E-state index in [1.54, 1.807) is 0 Å². The highest BCUT2D eigenvalue weighted by atomic mass is 32.2. The fourth-order valence-corrected chi connectivity index (χ4v) is 2.98. The number of nitrogens with one attached hydrogen (secondary N) is 2. The summed E-state index contributed by atoms with van der Waals surface area (Å²) in [5, 5.41) is 0. The lowest BCUT2D eigenvalue weighted by molar-refractivity contribution is 0.580. The van der Waals surface area contributed by atoms with Crippen LogP contribution < -0.4 is 10.2 Å². The molecule has 0 atom stereocenters. The normalized spacial score (nSPS) is 11.4. The van der Waals surface area contributed by atoms with Crippen molar-refractivity contribution < 1.29 is 8.42 Å². The largest absolute Gasteiger partial charge is 0.366 e. The standard InChI is InChI=1S/C14H16N2O3S/c1-11-4-2-3-5-12(11)6-9-16-20(18,19)14-10-15-8-7-13(14)17/h2-5,7-8,10,16H,6,9H2,1H3,(H,15,17). The number of hydrogen-bond acceptors (Lipinski definition) is 3. The van der Waals surface area contributed by atoms with Crippen molar-refractivity contribution in [2.24, 2.45) is 0 Å². The quantitative estimate of drug-likeness (QED) is 0.869. The first-order chi connectivity index (χ1) is 9.50. The Kier molecular flexibility index (Phi) is 4.36. The second-order valence-corrected chi connectivity index (χ2v) is 6.18. The Morgan fingerprint density at radius 2 is 1.95 bits per heavy atom. The number of aryl methyl sites for hydroxylation is 1. The third-order valence-corrected chi connectivity index (χ3v) is 4.51. The van der Waals surface area contributed by atoms with Gasteiger partial charge in [-0.1, -0.05) is 24.3 Å². The second kappa shape index (κ2) is 6.02. The first-order valence-corrected chi connectivity index (χ1v) is 7.70. The molecule has 2 N–H and O–H groups in total. The molecule has 0 fully saturated rings. The molecule has 0 amide bonds.